The van der Waals surface area contributed by atoms with Crippen molar-refractivity contribution in [3.8, 4) is 33.5 Å². The minimum absolute atomic E-state index is 0.994. The van der Waals surface area contributed by atoms with E-state index in [4.69, 9.17) is 0 Å². The fourth-order valence-corrected chi connectivity index (χ4v) is 4.95. The van der Waals surface area contributed by atoms with E-state index in [9.17, 15) is 0 Å². The molecule has 1 aliphatic rings. The SMILES string of the molecule is Cc1cc(-c2c(C)ccc3c2Cc2cc(-c4ccccc4C)ccc2-3)[n+](C)cc1C. The van der Waals surface area contributed by atoms with Crippen molar-refractivity contribution >= 4 is 0 Å². The van der Waals surface area contributed by atoms with Gasteiger partial charge in [0.2, 0.25) is 5.69 Å². The fourth-order valence-electron chi connectivity index (χ4n) is 4.95. The highest BCUT2D eigenvalue weighted by atomic mass is 14.9. The van der Waals surface area contributed by atoms with Crippen LogP contribution >= 0.6 is 0 Å². The van der Waals surface area contributed by atoms with Crippen LogP contribution in [0.2, 0.25) is 0 Å². The van der Waals surface area contributed by atoms with Crippen molar-refractivity contribution in [2.24, 2.45) is 7.05 Å². The Morgan fingerprint density at radius 2 is 1.43 bits per heavy atom. The predicted molar refractivity (Wildman–Crippen MR) is 126 cm³/mol. The summed E-state index contributed by atoms with van der Waals surface area (Å²) < 4.78 is 2.28. The molecule has 0 amide bonds. The minimum Gasteiger partial charge on any atom is -0.201 e. The second-order valence-corrected chi connectivity index (χ2v) is 8.78. The highest BCUT2D eigenvalue weighted by Crippen LogP contribution is 2.44. The summed E-state index contributed by atoms with van der Waals surface area (Å²) in [5, 5.41) is 0. The molecule has 0 atom stereocenters. The maximum atomic E-state index is 2.40. The van der Waals surface area contributed by atoms with Crippen molar-refractivity contribution in [3.05, 3.63) is 100 Å². The summed E-state index contributed by atoms with van der Waals surface area (Å²) in [7, 11) is 2.17. The molecule has 30 heavy (non-hydrogen) atoms. The van der Waals surface area contributed by atoms with Gasteiger partial charge in [0.25, 0.3) is 0 Å². The molecular formula is C29H28N+. The average molecular weight is 391 g/mol. The molecule has 1 heterocycles. The van der Waals surface area contributed by atoms with E-state index in [1.165, 1.54) is 66.9 Å². The van der Waals surface area contributed by atoms with Gasteiger partial charge in [-0.1, -0.05) is 54.6 Å². The Labute approximate surface area is 179 Å². The number of hydrogen-bond acceptors (Lipinski definition) is 0. The van der Waals surface area contributed by atoms with Crippen LogP contribution in [0.25, 0.3) is 33.5 Å². The van der Waals surface area contributed by atoms with E-state index in [-0.39, 0.29) is 0 Å². The Balaban J connectivity index is 1.67. The first kappa shape index (κ1) is 18.8. The van der Waals surface area contributed by atoms with Gasteiger partial charge in [0, 0.05) is 11.6 Å². The third-order valence-corrected chi connectivity index (χ3v) is 6.74. The molecule has 1 aromatic heterocycles. The van der Waals surface area contributed by atoms with Crippen LogP contribution in [0.5, 0.6) is 0 Å². The van der Waals surface area contributed by atoms with Crippen LogP contribution in [0.15, 0.2) is 66.9 Å². The number of aromatic nitrogens is 1. The second kappa shape index (κ2) is 6.95. The first-order valence-corrected chi connectivity index (χ1v) is 10.7. The summed E-state index contributed by atoms with van der Waals surface area (Å²) >= 11 is 0. The monoisotopic (exact) mass is 390 g/mol. The van der Waals surface area contributed by atoms with Gasteiger partial charge in [-0.2, -0.15) is 0 Å². The summed E-state index contributed by atoms with van der Waals surface area (Å²) in [5.41, 5.74) is 16.4. The maximum Gasteiger partial charge on any atom is 0.213 e. The lowest BCUT2D eigenvalue weighted by Crippen LogP contribution is -2.32. The lowest BCUT2D eigenvalue weighted by Gasteiger charge is -2.12. The largest absolute Gasteiger partial charge is 0.213 e. The number of pyridine rings is 1. The molecule has 1 nitrogen and oxygen atoms in total. The van der Waals surface area contributed by atoms with Gasteiger partial charge in [0.15, 0.2) is 6.20 Å². The van der Waals surface area contributed by atoms with Crippen LogP contribution in [-0.4, -0.2) is 0 Å². The van der Waals surface area contributed by atoms with Gasteiger partial charge < -0.3 is 0 Å². The van der Waals surface area contributed by atoms with E-state index in [0.717, 1.165) is 6.42 Å². The highest BCUT2D eigenvalue weighted by molar-refractivity contribution is 5.86. The number of aryl methyl sites for hydroxylation is 5. The molecule has 0 N–H and O–H groups in total. The third-order valence-electron chi connectivity index (χ3n) is 6.74. The summed E-state index contributed by atoms with van der Waals surface area (Å²) in [5.74, 6) is 0. The summed E-state index contributed by atoms with van der Waals surface area (Å²) in [4.78, 5) is 0. The third kappa shape index (κ3) is 2.89. The molecule has 0 saturated carbocycles. The lowest BCUT2D eigenvalue weighted by atomic mass is 9.93. The van der Waals surface area contributed by atoms with Gasteiger partial charge >= 0.3 is 0 Å². The molecule has 5 rings (SSSR count). The predicted octanol–water partition coefficient (Wildman–Crippen LogP) is 6.65. The Morgan fingerprint density at radius 3 is 2.23 bits per heavy atom. The molecule has 0 radical (unpaired) electrons. The minimum atomic E-state index is 0.994. The molecule has 1 aliphatic carbocycles. The summed E-state index contributed by atoms with van der Waals surface area (Å²) in [6.07, 6.45) is 3.25. The Kier molecular flexibility index (Phi) is 4.36. The van der Waals surface area contributed by atoms with Crippen LogP contribution in [-0.2, 0) is 13.5 Å². The van der Waals surface area contributed by atoms with Crippen LogP contribution in [0.3, 0.4) is 0 Å². The molecule has 3 aromatic carbocycles. The van der Waals surface area contributed by atoms with Crippen molar-refractivity contribution in [1.82, 2.24) is 0 Å². The van der Waals surface area contributed by atoms with E-state index < -0.39 is 0 Å². The van der Waals surface area contributed by atoms with Crippen molar-refractivity contribution in [3.63, 3.8) is 0 Å². The van der Waals surface area contributed by atoms with E-state index in [1.807, 2.05) is 0 Å². The van der Waals surface area contributed by atoms with Gasteiger partial charge in [-0.3, -0.25) is 0 Å². The molecule has 0 fully saturated rings. The van der Waals surface area contributed by atoms with Gasteiger partial charge in [0.1, 0.15) is 7.05 Å². The first-order chi connectivity index (χ1) is 14.4. The molecule has 148 valence electrons. The number of nitrogens with zero attached hydrogens (tertiary/aromatic N) is 1. The van der Waals surface area contributed by atoms with Crippen molar-refractivity contribution in [2.45, 2.75) is 34.1 Å². The van der Waals surface area contributed by atoms with E-state index in [1.54, 1.807) is 0 Å². The van der Waals surface area contributed by atoms with Crippen LogP contribution in [0.4, 0.5) is 0 Å². The molecule has 0 spiro atoms. The number of benzene rings is 3. The van der Waals surface area contributed by atoms with Gasteiger partial charge in [-0.15, -0.1) is 0 Å². The highest BCUT2D eigenvalue weighted by Gasteiger charge is 2.27. The fraction of sp³-hybridized carbons (Fsp3) is 0.207. The van der Waals surface area contributed by atoms with Crippen molar-refractivity contribution < 1.29 is 4.57 Å². The second-order valence-electron chi connectivity index (χ2n) is 8.78. The van der Waals surface area contributed by atoms with Crippen LogP contribution in [0, 0.1) is 27.7 Å². The Bertz CT molecular complexity index is 1310. The number of rotatable bonds is 2. The quantitative estimate of drug-likeness (QED) is 0.297. The molecule has 0 bridgehead atoms. The standard InChI is InChI=1S/C29H28N/c1-18-8-6-7-9-24(18)22-11-13-25-23(15-22)16-27-26(25)12-10-19(2)29(27)28-14-20(3)21(4)17-30(28)5/h6-15,17H,16H2,1-5H3/q+1. The van der Waals surface area contributed by atoms with Crippen molar-refractivity contribution in [2.75, 3.05) is 0 Å². The topological polar surface area (TPSA) is 3.88 Å². The number of hydrogen-bond donors (Lipinski definition) is 0. The van der Waals surface area contributed by atoms with Crippen LogP contribution in [0.1, 0.15) is 33.4 Å². The van der Waals surface area contributed by atoms with E-state index in [2.05, 4.69) is 106 Å². The number of fused-ring (bicyclic) bond motifs is 3. The first-order valence-electron chi connectivity index (χ1n) is 10.7. The lowest BCUT2D eigenvalue weighted by molar-refractivity contribution is -0.660. The zero-order valence-corrected chi connectivity index (χ0v) is 18.5. The smallest absolute Gasteiger partial charge is 0.201 e. The Morgan fingerprint density at radius 1 is 0.667 bits per heavy atom. The summed E-state index contributed by atoms with van der Waals surface area (Å²) in [6.45, 7) is 8.83. The molecule has 0 saturated heterocycles. The van der Waals surface area contributed by atoms with Gasteiger partial charge in [-0.05, 0) is 84.2 Å². The van der Waals surface area contributed by atoms with Crippen LogP contribution < -0.4 is 4.57 Å². The maximum absolute atomic E-state index is 2.40. The molecule has 4 aromatic rings. The van der Waals surface area contributed by atoms with E-state index in [0.29, 0.717) is 0 Å². The average Bonchev–Trinajstić information content (AvgIpc) is 3.09. The molecular weight excluding hydrogens is 362 g/mol. The molecule has 0 aliphatic heterocycles. The van der Waals surface area contributed by atoms with Gasteiger partial charge in [-0.25, -0.2) is 4.57 Å². The molecule has 1 heteroatoms. The van der Waals surface area contributed by atoms with E-state index >= 15 is 0 Å². The van der Waals surface area contributed by atoms with Crippen molar-refractivity contribution in [1.29, 1.82) is 0 Å². The normalized spacial score (nSPS) is 12.0. The Hall–Kier alpha value is -3.19. The zero-order valence-electron chi connectivity index (χ0n) is 18.5. The summed E-state index contributed by atoms with van der Waals surface area (Å²) in [6, 6.07) is 22.6. The van der Waals surface area contributed by atoms with Gasteiger partial charge in [0.05, 0.1) is 5.56 Å². The zero-order chi connectivity index (χ0) is 21.0. The molecule has 0 unspecified atom stereocenters.